The molecule has 18 heteroatoms. The second-order valence-electron chi connectivity index (χ2n) is 25.4. The molecule has 0 heterocycles. The van der Waals surface area contributed by atoms with Gasteiger partial charge in [0.1, 0.15) is 25.4 Å². The van der Waals surface area contributed by atoms with Gasteiger partial charge in [-0.2, -0.15) is 0 Å². The summed E-state index contributed by atoms with van der Waals surface area (Å²) in [5.74, 6) is -1.58. The van der Waals surface area contributed by atoms with Gasteiger partial charge in [0.05, 0.1) is 26.4 Å². The van der Waals surface area contributed by atoms with E-state index in [9.17, 15) is 43.5 Å². The third kappa shape index (κ3) is 71.8. The van der Waals surface area contributed by atoms with E-state index in [2.05, 4.69) is 106 Å². The fraction of sp³-hybridized carbons (Fsp3) is 0.779. The maximum Gasteiger partial charge on any atom is 0.472 e. The quantitative estimate of drug-likeness (QED) is 0.0146. The van der Waals surface area contributed by atoms with Gasteiger partial charge in [0.25, 0.3) is 0 Å². The zero-order valence-electron chi connectivity index (χ0n) is 60.1. The Balaban J connectivity index is 4.39. The lowest BCUT2D eigenvalue weighted by atomic mass is 10.0. The number of esters is 3. The molecule has 0 radical (unpaired) electrons. The van der Waals surface area contributed by atoms with Gasteiger partial charge in [0.15, 0.2) is 6.10 Å². The van der Waals surface area contributed by atoms with Gasteiger partial charge in [-0.25, -0.2) is 9.13 Å². The Morgan fingerprint density at radius 2 is 0.558 bits per heavy atom. The molecule has 95 heavy (non-hydrogen) atoms. The highest BCUT2D eigenvalue weighted by Crippen LogP contribution is 2.45. The molecule has 0 aromatic carbocycles. The summed E-state index contributed by atoms with van der Waals surface area (Å²) in [5.41, 5.74) is 0. The Hall–Kier alpha value is -3.27. The van der Waals surface area contributed by atoms with Crippen LogP contribution < -0.4 is 0 Å². The minimum atomic E-state index is -4.92. The minimum Gasteiger partial charge on any atom is -0.463 e. The lowest BCUT2D eigenvalue weighted by Crippen LogP contribution is -2.30. The van der Waals surface area contributed by atoms with E-state index < -0.39 is 91.5 Å². The number of allylic oxidation sites excluding steroid dienone is 14. The van der Waals surface area contributed by atoms with Crippen LogP contribution in [0.5, 0.6) is 0 Å². The molecular weight excluding hydrogens is 1240 g/mol. The summed E-state index contributed by atoms with van der Waals surface area (Å²) in [7, 11) is -9.77. The molecule has 4 N–H and O–H groups in total. The molecule has 0 spiro atoms. The fourth-order valence-corrected chi connectivity index (χ4v) is 11.9. The van der Waals surface area contributed by atoms with E-state index in [0.717, 1.165) is 128 Å². The molecule has 0 bridgehead atoms. The van der Waals surface area contributed by atoms with E-state index in [4.69, 9.17) is 32.3 Å². The van der Waals surface area contributed by atoms with Crippen molar-refractivity contribution in [1.29, 1.82) is 0 Å². The predicted molar refractivity (Wildman–Crippen MR) is 390 cm³/mol. The monoisotopic (exact) mass is 1380 g/mol. The Labute approximate surface area is 578 Å². The molecule has 552 valence electrons. The number of aliphatic hydroxyl groups excluding tert-OH is 2. The molecule has 0 saturated heterocycles. The molecule has 16 nitrogen and oxygen atoms in total. The Morgan fingerprint density at radius 3 is 0.905 bits per heavy atom. The first-order valence-corrected chi connectivity index (χ1v) is 40.9. The van der Waals surface area contributed by atoms with E-state index in [0.29, 0.717) is 19.3 Å². The van der Waals surface area contributed by atoms with E-state index in [-0.39, 0.29) is 19.3 Å². The number of carbonyl (C=O) groups excluding carboxylic acids is 3. The van der Waals surface area contributed by atoms with E-state index in [1.807, 2.05) is 0 Å². The highest BCUT2D eigenvalue weighted by Gasteiger charge is 2.29. The first-order chi connectivity index (χ1) is 46.2. The van der Waals surface area contributed by atoms with Gasteiger partial charge in [-0.1, -0.05) is 279 Å². The smallest absolute Gasteiger partial charge is 0.463 e. The number of hydrogen-bond acceptors (Lipinski definition) is 14. The zero-order chi connectivity index (χ0) is 69.5. The summed E-state index contributed by atoms with van der Waals surface area (Å²) in [6, 6.07) is 0. The summed E-state index contributed by atoms with van der Waals surface area (Å²) in [4.78, 5) is 58.4. The second-order valence-corrected chi connectivity index (χ2v) is 28.3. The SMILES string of the molecule is CC/C=C\C/C=C\C/C=C\C/C=C\C/C=C\CCCCCCCCCCCCCCCCCC(=O)OCC(O)COP(=O)(O)OCC(O)COP(=O)(O)OCC(COC(=O)CCCCCCC/C=C\CCCCCCCC)OC(=O)CCCCCCC/C=C\CCCCCC. The number of phosphoric acid groups is 2. The molecule has 0 amide bonds. The fourth-order valence-electron chi connectivity index (χ4n) is 10.3. The van der Waals surface area contributed by atoms with E-state index >= 15 is 0 Å². The Morgan fingerprint density at radius 1 is 0.305 bits per heavy atom. The molecule has 5 unspecified atom stereocenters. The van der Waals surface area contributed by atoms with Crippen LogP contribution in [-0.2, 0) is 55.8 Å². The number of aliphatic hydroxyl groups is 2. The van der Waals surface area contributed by atoms with Crippen molar-refractivity contribution in [3.05, 3.63) is 85.1 Å². The second kappa shape index (κ2) is 70.6. The van der Waals surface area contributed by atoms with Gasteiger partial charge in [-0.15, -0.1) is 0 Å². The molecule has 0 fully saturated rings. The average Bonchev–Trinajstić information content (AvgIpc) is 1.75. The number of unbranched alkanes of at least 4 members (excludes halogenated alkanes) is 35. The number of carbonyl (C=O) groups is 3. The van der Waals surface area contributed by atoms with E-state index in [1.165, 1.54) is 141 Å². The normalized spacial score (nSPS) is 14.6. The molecule has 0 aliphatic carbocycles. The topological polar surface area (TPSA) is 231 Å². The molecule has 0 saturated carbocycles. The number of rotatable bonds is 72. The van der Waals surface area contributed by atoms with Gasteiger partial charge in [0, 0.05) is 19.3 Å². The number of hydrogen-bond donors (Lipinski definition) is 4. The summed E-state index contributed by atoms with van der Waals surface area (Å²) < 4.78 is 61.0. The lowest BCUT2D eigenvalue weighted by Gasteiger charge is -2.21. The van der Waals surface area contributed by atoms with Crippen LogP contribution in [0.1, 0.15) is 329 Å². The number of ether oxygens (including phenoxy) is 3. The molecule has 0 aliphatic rings. The zero-order valence-corrected chi connectivity index (χ0v) is 61.9. The first kappa shape index (κ1) is 91.7. The molecule has 5 atom stereocenters. The Bertz CT molecular complexity index is 2070. The van der Waals surface area contributed by atoms with Crippen LogP contribution >= 0.6 is 15.6 Å². The van der Waals surface area contributed by atoms with Crippen LogP contribution in [0.2, 0.25) is 0 Å². The van der Waals surface area contributed by atoms with Crippen molar-refractivity contribution in [3.8, 4) is 0 Å². The molecule has 0 aromatic rings. The summed E-state index contributed by atoms with van der Waals surface area (Å²) in [6.07, 6.45) is 77.9. The van der Waals surface area contributed by atoms with Gasteiger partial charge in [-0.05, 0) is 116 Å². The van der Waals surface area contributed by atoms with Crippen LogP contribution in [0.3, 0.4) is 0 Å². The molecule has 0 aliphatic heterocycles. The highest BCUT2D eigenvalue weighted by atomic mass is 31.2. The van der Waals surface area contributed by atoms with Gasteiger partial charge >= 0.3 is 33.6 Å². The largest absolute Gasteiger partial charge is 0.472 e. The van der Waals surface area contributed by atoms with Crippen molar-refractivity contribution in [2.24, 2.45) is 0 Å². The van der Waals surface area contributed by atoms with Crippen LogP contribution in [0.15, 0.2) is 85.1 Å². The minimum absolute atomic E-state index is 0.0957. The maximum atomic E-state index is 12.9. The van der Waals surface area contributed by atoms with Gasteiger partial charge < -0.3 is 34.2 Å². The average molecular weight is 1380 g/mol. The first-order valence-electron chi connectivity index (χ1n) is 37.9. The van der Waals surface area contributed by atoms with Crippen molar-refractivity contribution in [2.45, 2.75) is 347 Å². The van der Waals surface area contributed by atoms with Crippen molar-refractivity contribution < 1.29 is 75.8 Å². The highest BCUT2D eigenvalue weighted by molar-refractivity contribution is 7.47. The van der Waals surface area contributed by atoms with Crippen LogP contribution in [-0.4, -0.2) is 95.9 Å². The van der Waals surface area contributed by atoms with Crippen LogP contribution in [0, 0.1) is 0 Å². The summed E-state index contributed by atoms with van der Waals surface area (Å²) in [6.45, 7) is 2.55. The van der Waals surface area contributed by atoms with Crippen molar-refractivity contribution in [3.63, 3.8) is 0 Å². The van der Waals surface area contributed by atoms with Crippen LogP contribution in [0.25, 0.3) is 0 Å². The third-order valence-corrected chi connectivity index (χ3v) is 18.0. The van der Waals surface area contributed by atoms with Crippen molar-refractivity contribution in [1.82, 2.24) is 0 Å². The third-order valence-electron chi connectivity index (χ3n) is 16.1. The van der Waals surface area contributed by atoms with Crippen molar-refractivity contribution >= 4 is 33.6 Å². The summed E-state index contributed by atoms with van der Waals surface area (Å²) in [5, 5.41) is 20.6. The van der Waals surface area contributed by atoms with Crippen molar-refractivity contribution in [2.75, 3.05) is 39.6 Å². The van der Waals surface area contributed by atoms with Gasteiger partial charge in [0.2, 0.25) is 0 Å². The predicted octanol–water partition coefficient (Wildman–Crippen LogP) is 21.7. The van der Waals surface area contributed by atoms with Crippen LogP contribution in [0.4, 0.5) is 0 Å². The number of phosphoric ester groups is 2. The van der Waals surface area contributed by atoms with E-state index in [1.54, 1.807) is 0 Å². The standard InChI is InChI=1S/C77H138O16P2/c1-4-7-10-13-16-19-22-25-27-28-29-30-31-32-33-34-35-36-37-38-39-40-41-42-44-47-48-51-54-57-60-63-75(80)87-66-72(78)67-89-94(83,84)90-68-73(79)69-91-95(85,86)92-71-74(93-77(82)65-62-59-56-53-50-45-24-21-18-15-12-9-6-3)70-88-76(81)64-61-58-55-52-49-46-43-26-23-20-17-14-11-8-5-2/h7,10,16,19,21,24-27,29-30,32-33,43,72-74,78-79H,4-6,8-9,11-15,17-18,20,22-23,28,31,34-42,44-71H2,1-3H3,(H,83,84)(H,85,86)/b10-7-,19-16-,24-21-,27-25-,30-29-,33-32-,43-26-. The van der Waals surface area contributed by atoms with Gasteiger partial charge in [-0.3, -0.25) is 32.5 Å². The molecule has 0 rings (SSSR count). The summed E-state index contributed by atoms with van der Waals surface area (Å²) >= 11 is 0. The maximum absolute atomic E-state index is 12.9. The molecular formula is C77H138O16P2. The lowest BCUT2D eigenvalue weighted by molar-refractivity contribution is -0.161. The Kier molecular flexibility index (Phi) is 68.2. The molecule has 0 aromatic heterocycles.